The highest BCUT2D eigenvalue weighted by Gasteiger charge is 2.11. The molecule has 1 N–H and O–H groups in total. The zero-order valence-electron chi connectivity index (χ0n) is 11.9. The van der Waals surface area contributed by atoms with Crippen molar-refractivity contribution < 1.29 is 9.47 Å². The third-order valence-electron chi connectivity index (χ3n) is 3.43. The van der Waals surface area contributed by atoms with Crippen LogP contribution >= 0.6 is 0 Å². The Bertz CT molecular complexity index is 396. The van der Waals surface area contributed by atoms with Gasteiger partial charge in [-0.25, -0.2) is 0 Å². The summed E-state index contributed by atoms with van der Waals surface area (Å²) >= 11 is 0. The maximum atomic E-state index is 5.51. The molecule has 0 bridgehead atoms. The van der Waals surface area contributed by atoms with Crippen molar-refractivity contribution in [3.05, 3.63) is 29.3 Å². The molecular weight excluding hydrogens is 240 g/mol. The second-order valence-corrected chi connectivity index (χ2v) is 5.01. The van der Waals surface area contributed by atoms with Gasteiger partial charge in [-0.2, -0.15) is 0 Å². The van der Waals surface area contributed by atoms with E-state index in [1.165, 1.54) is 11.1 Å². The molecule has 1 aliphatic rings. The van der Waals surface area contributed by atoms with Crippen molar-refractivity contribution >= 4 is 0 Å². The average Bonchev–Trinajstić information content (AvgIpc) is 2.88. The molecule has 1 aromatic rings. The Morgan fingerprint density at radius 2 is 2.26 bits per heavy atom. The lowest BCUT2D eigenvalue weighted by Crippen LogP contribution is -2.31. The molecule has 19 heavy (non-hydrogen) atoms. The minimum atomic E-state index is 0.793. The number of likely N-dealkylation sites (N-methyl/N-ethyl adjacent to an activating group) is 1. The molecule has 0 atom stereocenters. The fraction of sp³-hybridized carbons (Fsp3) is 0.600. The Morgan fingerprint density at radius 1 is 1.37 bits per heavy atom. The van der Waals surface area contributed by atoms with Gasteiger partial charge in [-0.15, -0.1) is 0 Å². The maximum Gasteiger partial charge on any atom is 0.122 e. The van der Waals surface area contributed by atoms with Crippen LogP contribution < -0.4 is 10.1 Å². The monoisotopic (exact) mass is 264 g/mol. The molecule has 0 unspecified atom stereocenters. The molecule has 4 heteroatoms. The number of hydrogen-bond donors (Lipinski definition) is 1. The van der Waals surface area contributed by atoms with E-state index in [1.807, 2.05) is 0 Å². The highest BCUT2D eigenvalue weighted by Crippen LogP contribution is 2.25. The third-order valence-corrected chi connectivity index (χ3v) is 3.43. The predicted molar refractivity (Wildman–Crippen MR) is 76.7 cm³/mol. The van der Waals surface area contributed by atoms with Gasteiger partial charge in [-0.3, -0.25) is 0 Å². The first-order valence-corrected chi connectivity index (χ1v) is 6.92. The lowest BCUT2D eigenvalue weighted by molar-refractivity contribution is 0.161. The molecule has 0 aliphatic carbocycles. The zero-order valence-corrected chi connectivity index (χ0v) is 11.9. The molecule has 0 spiro atoms. The molecule has 2 rings (SSSR count). The Balaban J connectivity index is 1.66. The fourth-order valence-corrected chi connectivity index (χ4v) is 2.21. The summed E-state index contributed by atoms with van der Waals surface area (Å²) in [5.74, 6) is 1.06. The van der Waals surface area contributed by atoms with E-state index < -0.39 is 0 Å². The lowest BCUT2D eigenvalue weighted by Gasteiger charge is -2.16. The van der Waals surface area contributed by atoms with Gasteiger partial charge in [0.2, 0.25) is 0 Å². The minimum absolute atomic E-state index is 0.793. The summed E-state index contributed by atoms with van der Waals surface area (Å²) in [6.07, 6.45) is 1.04. The van der Waals surface area contributed by atoms with Gasteiger partial charge in [0, 0.05) is 39.7 Å². The number of nitrogens with zero attached hydrogens (tertiary/aromatic N) is 1. The van der Waals surface area contributed by atoms with E-state index in [2.05, 4.69) is 35.5 Å². The molecule has 1 heterocycles. The molecule has 0 saturated carbocycles. The predicted octanol–water partition coefficient (Wildman–Crippen LogP) is 1.29. The number of benzene rings is 1. The normalized spacial score (nSPS) is 13.6. The van der Waals surface area contributed by atoms with Gasteiger partial charge in [0.25, 0.3) is 0 Å². The van der Waals surface area contributed by atoms with Gasteiger partial charge in [0.1, 0.15) is 5.75 Å². The Kier molecular flexibility index (Phi) is 5.63. The number of methoxy groups -OCH3 is 1. The molecule has 0 radical (unpaired) electrons. The second-order valence-electron chi connectivity index (χ2n) is 5.01. The van der Waals surface area contributed by atoms with Gasteiger partial charge in [0.05, 0.1) is 13.2 Å². The first-order valence-electron chi connectivity index (χ1n) is 6.92. The van der Waals surface area contributed by atoms with E-state index >= 15 is 0 Å². The van der Waals surface area contributed by atoms with E-state index in [9.17, 15) is 0 Å². The largest absolute Gasteiger partial charge is 0.493 e. The Hall–Kier alpha value is -1.10. The topological polar surface area (TPSA) is 33.7 Å². The molecule has 4 nitrogen and oxygen atoms in total. The van der Waals surface area contributed by atoms with E-state index in [0.717, 1.165) is 51.6 Å². The van der Waals surface area contributed by atoms with Gasteiger partial charge < -0.3 is 19.7 Å². The van der Waals surface area contributed by atoms with Crippen LogP contribution in [0.3, 0.4) is 0 Å². The Labute approximate surface area is 115 Å². The molecule has 106 valence electrons. The summed E-state index contributed by atoms with van der Waals surface area (Å²) < 4.78 is 10.6. The van der Waals surface area contributed by atoms with Crippen molar-refractivity contribution in [1.82, 2.24) is 10.2 Å². The molecule has 1 aromatic carbocycles. The zero-order chi connectivity index (χ0) is 13.5. The van der Waals surface area contributed by atoms with E-state index in [1.54, 1.807) is 7.11 Å². The van der Waals surface area contributed by atoms with Crippen LogP contribution in [0.15, 0.2) is 18.2 Å². The van der Waals surface area contributed by atoms with Crippen LogP contribution in [-0.2, 0) is 17.7 Å². The lowest BCUT2D eigenvalue weighted by atomic mass is 10.1. The fourth-order valence-electron chi connectivity index (χ4n) is 2.21. The third kappa shape index (κ3) is 4.49. The smallest absolute Gasteiger partial charge is 0.122 e. The summed E-state index contributed by atoms with van der Waals surface area (Å²) in [4.78, 5) is 2.27. The van der Waals surface area contributed by atoms with Crippen molar-refractivity contribution in [3.8, 4) is 5.75 Å². The van der Waals surface area contributed by atoms with Gasteiger partial charge in [0.15, 0.2) is 0 Å². The highest BCUT2D eigenvalue weighted by molar-refractivity contribution is 5.39. The van der Waals surface area contributed by atoms with Crippen LogP contribution in [0.25, 0.3) is 0 Å². The van der Waals surface area contributed by atoms with Crippen molar-refractivity contribution in [1.29, 1.82) is 0 Å². The molecular formula is C15H24N2O2. The average molecular weight is 264 g/mol. The summed E-state index contributed by atoms with van der Waals surface area (Å²) in [5.41, 5.74) is 2.68. The maximum absolute atomic E-state index is 5.51. The quantitative estimate of drug-likeness (QED) is 0.717. The van der Waals surface area contributed by atoms with Gasteiger partial charge in [-0.05, 0) is 24.2 Å². The van der Waals surface area contributed by atoms with E-state index in [4.69, 9.17) is 9.47 Å². The Morgan fingerprint density at radius 3 is 3.11 bits per heavy atom. The minimum Gasteiger partial charge on any atom is -0.493 e. The first-order chi connectivity index (χ1) is 9.29. The van der Waals surface area contributed by atoms with Crippen molar-refractivity contribution in [2.24, 2.45) is 0 Å². The van der Waals surface area contributed by atoms with Crippen LogP contribution in [0.5, 0.6) is 5.75 Å². The summed E-state index contributed by atoms with van der Waals surface area (Å²) in [6.45, 7) is 5.56. The summed E-state index contributed by atoms with van der Waals surface area (Å²) in [7, 11) is 3.86. The number of fused-ring (bicyclic) bond motifs is 1. The molecule has 0 saturated heterocycles. The van der Waals surface area contributed by atoms with Crippen molar-refractivity contribution in [3.63, 3.8) is 0 Å². The standard InChI is InChI=1S/C15H24N2O2/c1-17(8-10-18-2)7-6-16-12-13-3-4-15-14(11-13)5-9-19-15/h3-4,11,16H,5-10,12H2,1-2H3. The first kappa shape index (κ1) is 14.3. The highest BCUT2D eigenvalue weighted by atomic mass is 16.5. The second kappa shape index (κ2) is 7.48. The van der Waals surface area contributed by atoms with Crippen molar-refractivity contribution in [2.45, 2.75) is 13.0 Å². The number of ether oxygens (including phenoxy) is 2. The van der Waals surface area contributed by atoms with Crippen LogP contribution in [-0.4, -0.2) is 51.9 Å². The van der Waals surface area contributed by atoms with Crippen LogP contribution in [0.1, 0.15) is 11.1 Å². The number of rotatable bonds is 8. The molecule has 0 aromatic heterocycles. The van der Waals surface area contributed by atoms with E-state index in [0.29, 0.717) is 0 Å². The summed E-state index contributed by atoms with van der Waals surface area (Å²) in [5, 5.41) is 3.48. The van der Waals surface area contributed by atoms with Crippen LogP contribution in [0, 0.1) is 0 Å². The van der Waals surface area contributed by atoms with Crippen LogP contribution in [0.4, 0.5) is 0 Å². The van der Waals surface area contributed by atoms with Gasteiger partial charge in [-0.1, -0.05) is 12.1 Å². The molecule has 0 fully saturated rings. The van der Waals surface area contributed by atoms with Crippen LogP contribution in [0.2, 0.25) is 0 Å². The molecule has 1 aliphatic heterocycles. The number of nitrogens with one attached hydrogen (secondary N) is 1. The van der Waals surface area contributed by atoms with E-state index in [-0.39, 0.29) is 0 Å². The summed E-state index contributed by atoms with van der Waals surface area (Å²) in [6, 6.07) is 6.49. The van der Waals surface area contributed by atoms with Crippen molar-refractivity contribution in [2.75, 3.05) is 47.0 Å². The van der Waals surface area contributed by atoms with Gasteiger partial charge >= 0.3 is 0 Å². The number of hydrogen-bond acceptors (Lipinski definition) is 4. The molecule has 0 amide bonds. The SMILES string of the molecule is COCCN(C)CCNCc1ccc2c(c1)CCO2.